The normalized spacial score (nSPS) is 11.6. The molecule has 3 nitrogen and oxygen atoms in total. The Morgan fingerprint density at radius 1 is 1.43 bits per heavy atom. The first kappa shape index (κ1) is 16.3. The molecule has 0 spiro atoms. The summed E-state index contributed by atoms with van der Waals surface area (Å²) in [4.78, 5) is 11.1. The fourth-order valence-corrected chi connectivity index (χ4v) is 1.09. The van der Waals surface area contributed by atoms with Gasteiger partial charge in [0, 0.05) is 0 Å². The molecule has 0 rings (SSSR count). The van der Waals surface area contributed by atoms with Gasteiger partial charge in [0.1, 0.15) is 0 Å². The Bertz CT molecular complexity index is 137. The molecule has 0 aliphatic rings. The summed E-state index contributed by atoms with van der Waals surface area (Å²) in [6.07, 6.45) is 1.08. The van der Waals surface area contributed by atoms with E-state index in [1.807, 2.05) is 13.8 Å². The van der Waals surface area contributed by atoms with Crippen LogP contribution in [0.3, 0.4) is 0 Å². The average Bonchev–Trinajstić information content (AvgIpc) is 2.04. The maximum atomic E-state index is 11.1. The zero-order valence-corrected chi connectivity index (χ0v) is 10.8. The topological polar surface area (TPSA) is 46.5 Å². The molecule has 0 bridgehead atoms. The van der Waals surface area contributed by atoms with Crippen molar-refractivity contribution < 1.29 is 14.6 Å². The summed E-state index contributed by atoms with van der Waals surface area (Å²) in [7, 11) is 2.13. The van der Waals surface area contributed by atoms with Crippen molar-refractivity contribution in [2.75, 3.05) is 13.0 Å². The Morgan fingerprint density at radius 2 is 1.86 bits per heavy atom. The Kier molecular flexibility index (Phi) is 12.7. The molecule has 0 aliphatic carbocycles. The van der Waals surface area contributed by atoms with Gasteiger partial charge in [0.15, 0.2) is 0 Å². The summed E-state index contributed by atoms with van der Waals surface area (Å²) in [5, 5.41) is 7.53. The van der Waals surface area contributed by atoms with E-state index in [1.165, 1.54) is 0 Å². The van der Waals surface area contributed by atoms with Gasteiger partial charge in [0.2, 0.25) is 0 Å². The number of hydrogen-bond donors (Lipinski definition) is 1. The molecule has 0 aromatic rings. The van der Waals surface area contributed by atoms with Gasteiger partial charge in [0.25, 0.3) is 0 Å². The first-order valence-electron chi connectivity index (χ1n) is 4.97. The van der Waals surface area contributed by atoms with Crippen molar-refractivity contribution in [1.82, 2.24) is 0 Å². The van der Waals surface area contributed by atoms with Crippen molar-refractivity contribution in [2.24, 2.45) is 11.8 Å². The molecule has 0 radical (unpaired) electrons. The van der Waals surface area contributed by atoms with E-state index in [0.717, 1.165) is 6.42 Å². The highest BCUT2D eigenvalue weighted by atomic mass is 31.0. The Balaban J connectivity index is 0. The molecule has 0 heterocycles. The Hall–Kier alpha value is -0.140. The van der Waals surface area contributed by atoms with Gasteiger partial charge in [-0.3, -0.25) is 4.79 Å². The van der Waals surface area contributed by atoms with Crippen LogP contribution in [0, 0.1) is 11.8 Å². The largest absolute Gasteiger partial charge is 0.466 e. The summed E-state index contributed by atoms with van der Waals surface area (Å²) in [6.45, 7) is 8.45. The molecular weight excluding hydrogens is 199 g/mol. The monoisotopic (exact) mass is 222 g/mol. The molecule has 1 N–H and O–H groups in total. The number of aliphatic hydroxyl groups excluding tert-OH is 1. The molecule has 0 saturated heterocycles. The number of esters is 1. The fourth-order valence-electron chi connectivity index (χ4n) is 1.09. The summed E-state index contributed by atoms with van der Waals surface area (Å²) < 4.78 is 4.87. The third-order valence-electron chi connectivity index (χ3n) is 1.51. The smallest absolute Gasteiger partial charge is 0.308 e. The van der Waals surface area contributed by atoms with Crippen LogP contribution in [0.5, 0.6) is 0 Å². The summed E-state index contributed by atoms with van der Waals surface area (Å²) in [5.41, 5.74) is 0. The minimum Gasteiger partial charge on any atom is -0.466 e. The highest BCUT2D eigenvalue weighted by Crippen LogP contribution is 2.11. The van der Waals surface area contributed by atoms with E-state index >= 15 is 0 Å². The van der Waals surface area contributed by atoms with Crippen molar-refractivity contribution in [3.05, 3.63) is 0 Å². The van der Waals surface area contributed by atoms with Crippen molar-refractivity contribution in [3.63, 3.8) is 0 Å². The third kappa shape index (κ3) is 11.9. The van der Waals surface area contributed by atoms with Crippen LogP contribution >= 0.6 is 9.24 Å². The molecule has 0 saturated carbocycles. The van der Waals surface area contributed by atoms with Crippen LogP contribution in [0.1, 0.15) is 34.1 Å². The zero-order valence-electron chi connectivity index (χ0n) is 9.62. The van der Waals surface area contributed by atoms with E-state index in [2.05, 4.69) is 23.1 Å². The maximum Gasteiger partial charge on any atom is 0.308 e. The van der Waals surface area contributed by atoms with Crippen LogP contribution in [0.25, 0.3) is 0 Å². The van der Waals surface area contributed by atoms with Crippen LogP contribution < -0.4 is 0 Å². The molecule has 14 heavy (non-hydrogen) atoms. The summed E-state index contributed by atoms with van der Waals surface area (Å²) in [5.74, 6) is 0.547. The predicted octanol–water partition coefficient (Wildman–Crippen LogP) is 2.04. The van der Waals surface area contributed by atoms with Crippen molar-refractivity contribution in [2.45, 2.75) is 34.1 Å². The first-order chi connectivity index (χ1) is 6.49. The van der Waals surface area contributed by atoms with Gasteiger partial charge in [-0.25, -0.2) is 0 Å². The Labute approximate surface area is 89.4 Å². The van der Waals surface area contributed by atoms with Crippen molar-refractivity contribution in [1.29, 1.82) is 0 Å². The average molecular weight is 222 g/mol. The van der Waals surface area contributed by atoms with Gasteiger partial charge < -0.3 is 9.84 Å². The van der Waals surface area contributed by atoms with E-state index in [-0.39, 0.29) is 18.2 Å². The van der Waals surface area contributed by atoms with Gasteiger partial charge in [-0.15, -0.1) is 9.24 Å². The molecule has 4 heteroatoms. The van der Waals surface area contributed by atoms with Crippen LogP contribution in [0.4, 0.5) is 0 Å². The minimum absolute atomic E-state index is 0.0509. The number of hydrogen-bond acceptors (Lipinski definition) is 3. The maximum absolute atomic E-state index is 11.1. The highest BCUT2D eigenvalue weighted by molar-refractivity contribution is 7.16. The first-order valence-corrected chi connectivity index (χ1v) is 5.78. The number of ether oxygens (including phenoxy) is 1. The van der Waals surface area contributed by atoms with E-state index in [4.69, 9.17) is 9.84 Å². The lowest BCUT2D eigenvalue weighted by Crippen LogP contribution is -2.16. The zero-order chi connectivity index (χ0) is 11.6. The molecule has 0 aliphatic heterocycles. The Morgan fingerprint density at radius 3 is 2.14 bits per heavy atom. The van der Waals surface area contributed by atoms with Gasteiger partial charge in [-0.05, 0) is 19.3 Å². The second kappa shape index (κ2) is 10.9. The quantitative estimate of drug-likeness (QED) is 0.585. The number of aliphatic hydroxyl groups is 1. The van der Waals surface area contributed by atoms with E-state index in [0.29, 0.717) is 12.5 Å². The molecular formula is C10H23O3P. The summed E-state index contributed by atoms with van der Waals surface area (Å²) in [6, 6.07) is 0. The number of rotatable bonds is 4. The molecule has 0 fully saturated rings. The lowest BCUT2D eigenvalue weighted by molar-refractivity contribution is -0.147. The lowest BCUT2D eigenvalue weighted by atomic mass is 9.99. The second-order valence-electron chi connectivity index (χ2n) is 3.47. The molecule has 0 aromatic heterocycles. The highest BCUT2D eigenvalue weighted by Gasteiger charge is 2.14. The van der Waals surface area contributed by atoms with Crippen molar-refractivity contribution >= 4 is 15.2 Å². The third-order valence-corrected chi connectivity index (χ3v) is 1.51. The molecule has 0 aromatic carbocycles. The SMILES string of the molecule is CCOC(=O)C(C)CC(C)C.OCP. The standard InChI is InChI=1S/C9H18O2.CH5OP/c1-5-11-9(10)8(4)6-7(2)3;2-1-3/h7-8H,5-6H2,1-4H3;2H,1,3H2. The number of carbonyl (C=O) groups is 1. The van der Waals surface area contributed by atoms with E-state index in [1.54, 1.807) is 0 Å². The molecule has 0 amide bonds. The number of carbonyl (C=O) groups excluding carboxylic acids is 1. The van der Waals surface area contributed by atoms with Crippen LogP contribution in [-0.2, 0) is 9.53 Å². The van der Waals surface area contributed by atoms with Gasteiger partial charge >= 0.3 is 5.97 Å². The fraction of sp³-hybridized carbons (Fsp3) is 0.900. The second-order valence-corrected chi connectivity index (χ2v) is 3.83. The minimum atomic E-state index is -0.0683. The van der Waals surface area contributed by atoms with E-state index < -0.39 is 0 Å². The van der Waals surface area contributed by atoms with Gasteiger partial charge in [-0.2, -0.15) is 0 Å². The van der Waals surface area contributed by atoms with Crippen molar-refractivity contribution in [3.8, 4) is 0 Å². The molecule has 2 unspecified atom stereocenters. The van der Waals surface area contributed by atoms with Gasteiger partial charge in [-0.1, -0.05) is 20.8 Å². The lowest BCUT2D eigenvalue weighted by Gasteiger charge is -2.11. The molecule has 86 valence electrons. The summed E-state index contributed by atoms with van der Waals surface area (Å²) >= 11 is 0. The van der Waals surface area contributed by atoms with Crippen LogP contribution in [0.2, 0.25) is 0 Å². The van der Waals surface area contributed by atoms with Crippen LogP contribution in [-0.4, -0.2) is 24.0 Å². The predicted molar refractivity (Wildman–Crippen MR) is 62.0 cm³/mol. The van der Waals surface area contributed by atoms with E-state index in [9.17, 15) is 4.79 Å². The molecule has 2 atom stereocenters. The van der Waals surface area contributed by atoms with Crippen LogP contribution in [0.15, 0.2) is 0 Å². The van der Waals surface area contributed by atoms with Gasteiger partial charge in [0.05, 0.1) is 18.9 Å².